The van der Waals surface area contributed by atoms with Crippen molar-refractivity contribution < 1.29 is 8.42 Å². The fourth-order valence-corrected chi connectivity index (χ4v) is 5.81. The first-order chi connectivity index (χ1) is 11.0. The zero-order chi connectivity index (χ0) is 16.4. The lowest BCUT2D eigenvalue weighted by atomic mass is 10.0. The molecule has 0 spiro atoms. The molecule has 1 atom stereocenters. The molecule has 1 aromatic carbocycles. The average molecular weight is 350 g/mol. The lowest BCUT2D eigenvalue weighted by molar-refractivity contribution is 0.401. The molecule has 1 aromatic heterocycles. The van der Waals surface area contributed by atoms with Crippen LogP contribution < -0.4 is 0 Å². The summed E-state index contributed by atoms with van der Waals surface area (Å²) in [6.07, 6.45) is 2.81. The minimum Gasteiger partial charge on any atom is -0.207 e. The Hall–Kier alpha value is -1.17. The van der Waals surface area contributed by atoms with Gasteiger partial charge < -0.3 is 0 Å². The van der Waals surface area contributed by atoms with Gasteiger partial charge in [0.1, 0.15) is 0 Å². The Morgan fingerprint density at radius 2 is 1.96 bits per heavy atom. The number of sulfonamides is 1. The highest BCUT2D eigenvalue weighted by Gasteiger charge is 2.36. The minimum atomic E-state index is -3.42. The maximum Gasteiger partial charge on any atom is 0.243 e. The number of thiophene rings is 1. The van der Waals surface area contributed by atoms with Gasteiger partial charge in [0.25, 0.3) is 0 Å². The molecular formula is C18H23NO2S2. The molecule has 124 valence electrons. The van der Waals surface area contributed by atoms with Crippen LogP contribution in [0.5, 0.6) is 0 Å². The molecule has 0 unspecified atom stereocenters. The van der Waals surface area contributed by atoms with Gasteiger partial charge in [0.2, 0.25) is 10.0 Å². The van der Waals surface area contributed by atoms with Gasteiger partial charge in [-0.3, -0.25) is 0 Å². The Morgan fingerprint density at radius 1 is 1.22 bits per heavy atom. The first kappa shape index (κ1) is 16.7. The van der Waals surface area contributed by atoms with Crippen molar-refractivity contribution in [3.05, 3.63) is 52.2 Å². The van der Waals surface area contributed by atoms with Crippen LogP contribution in [0.2, 0.25) is 0 Å². The zero-order valence-corrected chi connectivity index (χ0v) is 15.2. The lowest BCUT2D eigenvalue weighted by Gasteiger charge is -2.23. The second-order valence-corrected chi connectivity index (χ2v) is 9.40. The Balaban J connectivity index is 1.86. The van der Waals surface area contributed by atoms with E-state index >= 15 is 0 Å². The molecule has 1 aliphatic rings. The first-order valence-electron chi connectivity index (χ1n) is 8.12. The minimum absolute atomic E-state index is 0.00431. The van der Waals surface area contributed by atoms with E-state index in [4.69, 9.17) is 0 Å². The van der Waals surface area contributed by atoms with Gasteiger partial charge in [0.15, 0.2) is 0 Å². The van der Waals surface area contributed by atoms with Crippen molar-refractivity contribution >= 4 is 21.4 Å². The molecule has 0 aliphatic carbocycles. The maximum atomic E-state index is 13.0. The van der Waals surface area contributed by atoms with Gasteiger partial charge in [-0.25, -0.2) is 8.42 Å². The molecule has 2 heterocycles. The summed E-state index contributed by atoms with van der Waals surface area (Å²) in [5.74, 6) is 0.569. The summed E-state index contributed by atoms with van der Waals surface area (Å²) in [6.45, 7) is 4.94. The number of benzene rings is 1. The van der Waals surface area contributed by atoms with Crippen LogP contribution in [0.1, 0.15) is 43.2 Å². The van der Waals surface area contributed by atoms with E-state index in [0.717, 1.165) is 24.1 Å². The summed E-state index contributed by atoms with van der Waals surface area (Å²) < 4.78 is 27.7. The second-order valence-electron chi connectivity index (χ2n) is 6.53. The molecule has 1 fully saturated rings. The fraction of sp³-hybridized carbons (Fsp3) is 0.444. The van der Waals surface area contributed by atoms with Crippen molar-refractivity contribution in [2.75, 3.05) is 6.54 Å². The lowest BCUT2D eigenvalue weighted by Crippen LogP contribution is -2.30. The van der Waals surface area contributed by atoms with Gasteiger partial charge in [-0.15, -0.1) is 11.3 Å². The summed E-state index contributed by atoms with van der Waals surface area (Å²) >= 11 is 1.64. The third kappa shape index (κ3) is 3.52. The van der Waals surface area contributed by atoms with Crippen molar-refractivity contribution in [1.29, 1.82) is 0 Å². The van der Waals surface area contributed by atoms with E-state index in [9.17, 15) is 8.42 Å². The van der Waals surface area contributed by atoms with Crippen LogP contribution in [-0.2, 0) is 16.4 Å². The van der Waals surface area contributed by atoms with Crippen LogP contribution in [0, 0.1) is 5.92 Å². The molecule has 1 saturated heterocycles. The molecule has 0 bridgehead atoms. The van der Waals surface area contributed by atoms with E-state index < -0.39 is 10.0 Å². The molecule has 2 aromatic rings. The monoisotopic (exact) mass is 349 g/mol. The van der Waals surface area contributed by atoms with Crippen LogP contribution in [0.25, 0.3) is 0 Å². The quantitative estimate of drug-likeness (QED) is 0.798. The molecule has 23 heavy (non-hydrogen) atoms. The summed E-state index contributed by atoms with van der Waals surface area (Å²) in [6, 6.07) is 11.4. The summed E-state index contributed by atoms with van der Waals surface area (Å²) in [5, 5.41) is 2.01. The van der Waals surface area contributed by atoms with E-state index in [2.05, 4.69) is 13.8 Å². The number of nitrogens with zero attached hydrogens (tertiary/aromatic N) is 1. The SMILES string of the molecule is CC(C)Cc1ccc(S(=O)(=O)N2CCC[C@@H]2c2cccs2)cc1. The summed E-state index contributed by atoms with van der Waals surface area (Å²) in [5.41, 5.74) is 1.19. The van der Waals surface area contributed by atoms with E-state index in [1.807, 2.05) is 29.6 Å². The molecule has 0 N–H and O–H groups in total. The largest absolute Gasteiger partial charge is 0.243 e. The van der Waals surface area contributed by atoms with Crippen molar-refractivity contribution in [2.45, 2.75) is 44.0 Å². The highest BCUT2D eigenvalue weighted by molar-refractivity contribution is 7.89. The Kier molecular flexibility index (Phi) is 4.90. The van der Waals surface area contributed by atoms with Crippen molar-refractivity contribution in [3.8, 4) is 0 Å². The Morgan fingerprint density at radius 3 is 2.57 bits per heavy atom. The van der Waals surface area contributed by atoms with Crippen molar-refractivity contribution in [1.82, 2.24) is 4.31 Å². The third-order valence-electron chi connectivity index (χ3n) is 4.25. The summed E-state index contributed by atoms with van der Waals surface area (Å²) in [7, 11) is -3.42. The van der Waals surface area contributed by atoms with E-state index in [0.29, 0.717) is 17.4 Å². The van der Waals surface area contributed by atoms with E-state index in [1.165, 1.54) is 5.56 Å². The first-order valence-corrected chi connectivity index (χ1v) is 10.4. The molecule has 0 amide bonds. The second kappa shape index (κ2) is 6.75. The molecule has 1 aliphatic heterocycles. The topological polar surface area (TPSA) is 37.4 Å². The summed E-state index contributed by atoms with van der Waals surface area (Å²) in [4.78, 5) is 1.55. The number of hydrogen-bond acceptors (Lipinski definition) is 3. The molecular weight excluding hydrogens is 326 g/mol. The smallest absolute Gasteiger partial charge is 0.207 e. The zero-order valence-electron chi connectivity index (χ0n) is 13.6. The van der Waals surface area contributed by atoms with Gasteiger partial charge in [-0.05, 0) is 54.3 Å². The van der Waals surface area contributed by atoms with Crippen molar-refractivity contribution in [2.24, 2.45) is 5.92 Å². The average Bonchev–Trinajstić information content (AvgIpc) is 3.18. The van der Waals surface area contributed by atoms with E-state index in [-0.39, 0.29) is 6.04 Å². The molecule has 5 heteroatoms. The Labute approximate surface area is 143 Å². The van der Waals surface area contributed by atoms with Crippen molar-refractivity contribution in [3.63, 3.8) is 0 Å². The van der Waals surface area contributed by atoms with Crippen LogP contribution in [0.15, 0.2) is 46.7 Å². The Bertz CT molecular complexity index is 734. The number of rotatable bonds is 5. The predicted octanol–water partition coefficient (Wildman–Crippen LogP) is 4.47. The van der Waals surface area contributed by atoms with Crippen LogP contribution in [0.3, 0.4) is 0 Å². The van der Waals surface area contributed by atoms with E-state index in [1.54, 1.807) is 27.8 Å². The fourth-order valence-electron chi connectivity index (χ4n) is 3.20. The predicted molar refractivity (Wildman–Crippen MR) is 95.2 cm³/mol. The third-order valence-corrected chi connectivity index (χ3v) is 7.15. The van der Waals surface area contributed by atoms with Crippen LogP contribution in [-0.4, -0.2) is 19.3 Å². The molecule has 3 nitrogen and oxygen atoms in total. The highest BCUT2D eigenvalue weighted by atomic mass is 32.2. The molecule has 0 saturated carbocycles. The van der Waals surface area contributed by atoms with Gasteiger partial charge >= 0.3 is 0 Å². The van der Waals surface area contributed by atoms with Gasteiger partial charge in [-0.1, -0.05) is 32.0 Å². The maximum absolute atomic E-state index is 13.0. The van der Waals surface area contributed by atoms with Gasteiger partial charge in [0, 0.05) is 11.4 Å². The number of hydrogen-bond donors (Lipinski definition) is 0. The highest BCUT2D eigenvalue weighted by Crippen LogP contribution is 2.38. The van der Waals surface area contributed by atoms with Crippen LogP contribution >= 0.6 is 11.3 Å². The van der Waals surface area contributed by atoms with Gasteiger partial charge in [-0.2, -0.15) is 4.31 Å². The standard InChI is InChI=1S/C18H23NO2S2/c1-14(2)13-15-7-9-16(10-8-15)23(20,21)19-11-3-5-17(19)18-6-4-12-22-18/h4,6-10,12,14,17H,3,5,11,13H2,1-2H3/t17-/m1/s1. The molecule has 0 radical (unpaired) electrons. The molecule has 3 rings (SSSR count). The van der Waals surface area contributed by atoms with Gasteiger partial charge in [0.05, 0.1) is 10.9 Å². The van der Waals surface area contributed by atoms with Crippen LogP contribution in [0.4, 0.5) is 0 Å². The normalized spacial score (nSPS) is 19.5.